The van der Waals surface area contributed by atoms with Gasteiger partial charge in [-0.3, -0.25) is 4.79 Å². The number of benzene rings is 1. The van der Waals surface area contributed by atoms with E-state index in [2.05, 4.69) is 17.6 Å². The minimum atomic E-state index is -0.276. The molecule has 2 N–H and O–H groups in total. The largest absolute Gasteiger partial charge is 0.324 e. The molecule has 0 aliphatic carbocycles. The van der Waals surface area contributed by atoms with Gasteiger partial charge in [0.25, 0.3) is 0 Å². The minimum absolute atomic E-state index is 0.0373. The molecule has 92 valence electrons. The Kier molecular flexibility index (Phi) is 3.43. The lowest BCUT2D eigenvalue weighted by molar-refractivity contribution is -0.119. The van der Waals surface area contributed by atoms with Crippen LogP contribution in [-0.2, 0) is 11.3 Å². The van der Waals surface area contributed by atoms with Gasteiger partial charge in [-0.15, -0.1) is 0 Å². The molecule has 1 heterocycles. The second-order valence-corrected chi connectivity index (χ2v) is 4.53. The van der Waals surface area contributed by atoms with Gasteiger partial charge < -0.3 is 10.6 Å². The minimum Gasteiger partial charge on any atom is -0.324 e. The van der Waals surface area contributed by atoms with E-state index in [0.717, 1.165) is 12.0 Å². The summed E-state index contributed by atoms with van der Waals surface area (Å²) in [6, 6.07) is 4.23. The van der Waals surface area contributed by atoms with Crippen molar-refractivity contribution in [1.82, 2.24) is 5.32 Å². The summed E-state index contributed by atoms with van der Waals surface area (Å²) in [6.07, 6.45) is 0.926. The zero-order valence-corrected chi connectivity index (χ0v) is 10.1. The van der Waals surface area contributed by atoms with Gasteiger partial charge in [-0.2, -0.15) is 0 Å². The van der Waals surface area contributed by atoms with Crippen LogP contribution in [0.1, 0.15) is 25.8 Å². The summed E-state index contributed by atoms with van der Waals surface area (Å²) in [7, 11) is 0. The number of hydrogen-bond acceptors (Lipinski definition) is 2. The number of hydrogen-bond donors (Lipinski definition) is 2. The number of fused-ring (bicyclic) bond motifs is 1. The molecule has 0 aromatic heterocycles. The summed E-state index contributed by atoms with van der Waals surface area (Å²) in [6.45, 7) is 4.60. The van der Waals surface area contributed by atoms with Crippen molar-refractivity contribution in [2.24, 2.45) is 5.92 Å². The van der Waals surface area contributed by atoms with Crippen molar-refractivity contribution in [3.63, 3.8) is 0 Å². The summed E-state index contributed by atoms with van der Waals surface area (Å²) in [4.78, 5) is 12.0. The molecule has 3 nitrogen and oxygen atoms in total. The van der Waals surface area contributed by atoms with Crippen LogP contribution in [0.3, 0.4) is 0 Å². The highest BCUT2D eigenvalue weighted by molar-refractivity contribution is 5.96. The SMILES string of the molecule is CCC(C)[C@@H]1NCc2cc(F)ccc2NC1=O. The average Bonchev–Trinajstić information content (AvgIpc) is 2.47. The smallest absolute Gasteiger partial charge is 0.241 e. The van der Waals surface area contributed by atoms with Crippen molar-refractivity contribution in [3.8, 4) is 0 Å². The summed E-state index contributed by atoms with van der Waals surface area (Å²) in [5, 5.41) is 6.03. The van der Waals surface area contributed by atoms with Crippen LogP contribution in [0.4, 0.5) is 10.1 Å². The predicted molar refractivity (Wildman–Crippen MR) is 65.1 cm³/mol. The third-order valence-electron chi connectivity index (χ3n) is 3.33. The molecule has 0 radical (unpaired) electrons. The van der Waals surface area contributed by atoms with E-state index >= 15 is 0 Å². The van der Waals surface area contributed by atoms with Gasteiger partial charge in [-0.25, -0.2) is 4.39 Å². The van der Waals surface area contributed by atoms with Crippen LogP contribution in [0.15, 0.2) is 18.2 Å². The highest BCUT2D eigenvalue weighted by Gasteiger charge is 2.26. The number of rotatable bonds is 2. The fourth-order valence-electron chi connectivity index (χ4n) is 2.05. The first kappa shape index (κ1) is 12.0. The zero-order valence-electron chi connectivity index (χ0n) is 10.1. The van der Waals surface area contributed by atoms with Crippen molar-refractivity contribution < 1.29 is 9.18 Å². The fourth-order valence-corrected chi connectivity index (χ4v) is 2.05. The van der Waals surface area contributed by atoms with Crippen molar-refractivity contribution in [3.05, 3.63) is 29.6 Å². The normalized spacial score (nSPS) is 21.4. The molecule has 1 aliphatic rings. The van der Waals surface area contributed by atoms with Crippen LogP contribution < -0.4 is 10.6 Å². The molecule has 1 aromatic rings. The van der Waals surface area contributed by atoms with E-state index in [9.17, 15) is 9.18 Å². The second-order valence-electron chi connectivity index (χ2n) is 4.53. The van der Waals surface area contributed by atoms with E-state index in [0.29, 0.717) is 12.2 Å². The second kappa shape index (κ2) is 4.84. The lowest BCUT2D eigenvalue weighted by Crippen LogP contribution is -2.42. The first-order valence-electron chi connectivity index (χ1n) is 5.94. The molecule has 2 rings (SSSR count). The summed E-state index contributed by atoms with van der Waals surface area (Å²) in [5.74, 6) is -0.0549. The van der Waals surface area contributed by atoms with Gasteiger partial charge in [0.2, 0.25) is 5.91 Å². The van der Waals surface area contributed by atoms with Crippen LogP contribution in [0.25, 0.3) is 0 Å². The van der Waals surface area contributed by atoms with Crippen molar-refractivity contribution >= 4 is 11.6 Å². The number of nitrogens with one attached hydrogen (secondary N) is 2. The zero-order chi connectivity index (χ0) is 12.4. The standard InChI is InChI=1S/C13H17FN2O/c1-3-8(2)12-13(17)16-11-5-4-10(14)6-9(11)7-15-12/h4-6,8,12,15H,3,7H2,1-2H3,(H,16,17)/t8?,12-/m0/s1. The van der Waals surface area contributed by atoms with Gasteiger partial charge in [0.05, 0.1) is 6.04 Å². The van der Waals surface area contributed by atoms with E-state index in [1.165, 1.54) is 12.1 Å². The average molecular weight is 236 g/mol. The van der Waals surface area contributed by atoms with Gasteiger partial charge in [-0.05, 0) is 29.7 Å². The van der Waals surface area contributed by atoms with Gasteiger partial charge in [-0.1, -0.05) is 20.3 Å². The molecule has 1 aromatic carbocycles. The van der Waals surface area contributed by atoms with Crippen LogP contribution in [0.2, 0.25) is 0 Å². The van der Waals surface area contributed by atoms with Gasteiger partial charge in [0, 0.05) is 12.2 Å². The van der Waals surface area contributed by atoms with E-state index in [4.69, 9.17) is 0 Å². The maximum absolute atomic E-state index is 13.1. The fraction of sp³-hybridized carbons (Fsp3) is 0.462. The molecular formula is C13H17FN2O. The maximum atomic E-state index is 13.1. The molecular weight excluding hydrogens is 219 g/mol. The molecule has 0 spiro atoms. The summed E-state index contributed by atoms with van der Waals surface area (Å²) < 4.78 is 13.1. The number of anilines is 1. The maximum Gasteiger partial charge on any atom is 0.241 e. The summed E-state index contributed by atoms with van der Waals surface area (Å²) >= 11 is 0. The molecule has 0 saturated heterocycles. The van der Waals surface area contributed by atoms with Gasteiger partial charge in [0.1, 0.15) is 5.82 Å². The highest BCUT2D eigenvalue weighted by atomic mass is 19.1. The lowest BCUT2D eigenvalue weighted by atomic mass is 9.98. The van der Waals surface area contributed by atoms with Gasteiger partial charge in [0.15, 0.2) is 0 Å². The Bertz CT molecular complexity index is 433. The van der Waals surface area contributed by atoms with Gasteiger partial charge >= 0.3 is 0 Å². The Hall–Kier alpha value is -1.42. The molecule has 0 saturated carbocycles. The third kappa shape index (κ3) is 2.47. The van der Waals surface area contributed by atoms with E-state index in [-0.39, 0.29) is 23.7 Å². The molecule has 1 unspecified atom stereocenters. The number of carbonyl (C=O) groups excluding carboxylic acids is 1. The van der Waals surface area contributed by atoms with Crippen LogP contribution in [0, 0.1) is 11.7 Å². The molecule has 17 heavy (non-hydrogen) atoms. The first-order chi connectivity index (χ1) is 8.11. The first-order valence-corrected chi connectivity index (χ1v) is 5.94. The Morgan fingerprint density at radius 2 is 2.29 bits per heavy atom. The van der Waals surface area contributed by atoms with Crippen molar-refractivity contribution in [2.75, 3.05) is 5.32 Å². The van der Waals surface area contributed by atoms with Crippen LogP contribution >= 0.6 is 0 Å². The number of halogens is 1. The Labute approximate surface area is 100 Å². The predicted octanol–water partition coefficient (Wildman–Crippen LogP) is 2.28. The number of amides is 1. The van der Waals surface area contributed by atoms with Crippen LogP contribution in [0.5, 0.6) is 0 Å². The molecule has 4 heteroatoms. The lowest BCUT2D eigenvalue weighted by Gasteiger charge is -2.20. The quantitative estimate of drug-likeness (QED) is 0.827. The Balaban J connectivity index is 2.25. The molecule has 0 fully saturated rings. The van der Waals surface area contributed by atoms with E-state index in [1.54, 1.807) is 6.07 Å². The van der Waals surface area contributed by atoms with E-state index in [1.807, 2.05) is 6.92 Å². The Morgan fingerprint density at radius 3 is 3.00 bits per heavy atom. The van der Waals surface area contributed by atoms with Crippen molar-refractivity contribution in [1.29, 1.82) is 0 Å². The third-order valence-corrected chi connectivity index (χ3v) is 3.33. The Morgan fingerprint density at radius 1 is 1.53 bits per heavy atom. The molecule has 0 bridgehead atoms. The molecule has 2 atom stereocenters. The van der Waals surface area contributed by atoms with Crippen molar-refractivity contribution in [2.45, 2.75) is 32.9 Å². The molecule has 1 aliphatic heterocycles. The highest BCUT2D eigenvalue weighted by Crippen LogP contribution is 2.22. The molecule has 1 amide bonds. The monoisotopic (exact) mass is 236 g/mol. The summed E-state index contributed by atoms with van der Waals surface area (Å²) in [5.41, 5.74) is 1.50. The number of carbonyl (C=O) groups is 1. The van der Waals surface area contributed by atoms with E-state index < -0.39 is 0 Å². The van der Waals surface area contributed by atoms with Crippen LogP contribution in [-0.4, -0.2) is 11.9 Å². The topological polar surface area (TPSA) is 41.1 Å².